The highest BCUT2D eigenvalue weighted by atomic mass is 16.4. The van der Waals surface area contributed by atoms with Crippen LogP contribution in [0.1, 0.15) is 63.0 Å². The zero-order valence-corrected chi connectivity index (χ0v) is 12.4. The van der Waals surface area contributed by atoms with Gasteiger partial charge in [0.05, 0.1) is 6.42 Å². The maximum absolute atomic E-state index is 10.8. The van der Waals surface area contributed by atoms with E-state index in [1.54, 1.807) is 18.2 Å². The fourth-order valence-corrected chi connectivity index (χ4v) is 2.50. The number of rotatable bonds is 10. The molecule has 0 saturated heterocycles. The number of aliphatic carboxylic acids is 1. The summed E-state index contributed by atoms with van der Waals surface area (Å²) in [5.41, 5.74) is 1.55. The normalized spacial score (nSPS) is 10.7. The second-order valence-electron chi connectivity index (χ2n) is 5.36. The first-order valence-electron chi connectivity index (χ1n) is 7.66. The van der Waals surface area contributed by atoms with Crippen LogP contribution in [0.2, 0.25) is 0 Å². The highest BCUT2D eigenvalue weighted by Crippen LogP contribution is 2.24. The molecule has 0 bridgehead atoms. The summed E-state index contributed by atoms with van der Waals surface area (Å²) in [6, 6.07) is 5.15. The molecule has 0 aliphatic carbocycles. The SMILES string of the molecule is CCCCCCCCCc1c(O)cccc1CC(=O)O. The van der Waals surface area contributed by atoms with Crippen molar-refractivity contribution in [2.24, 2.45) is 0 Å². The number of phenols is 1. The Morgan fingerprint density at radius 3 is 2.35 bits per heavy atom. The molecule has 0 atom stereocenters. The second kappa shape index (κ2) is 9.40. The van der Waals surface area contributed by atoms with Gasteiger partial charge in [0.25, 0.3) is 0 Å². The third kappa shape index (κ3) is 6.09. The maximum atomic E-state index is 10.8. The molecule has 0 spiro atoms. The molecular formula is C17H26O3. The minimum absolute atomic E-state index is 0.0137. The molecule has 112 valence electrons. The first kappa shape index (κ1) is 16.5. The molecule has 0 fully saturated rings. The molecule has 0 saturated carbocycles. The van der Waals surface area contributed by atoms with Gasteiger partial charge in [-0.1, -0.05) is 57.6 Å². The van der Waals surface area contributed by atoms with Gasteiger partial charge in [-0.15, -0.1) is 0 Å². The number of benzene rings is 1. The third-order valence-electron chi connectivity index (χ3n) is 3.62. The average Bonchev–Trinajstić information content (AvgIpc) is 2.40. The van der Waals surface area contributed by atoms with Crippen molar-refractivity contribution in [3.8, 4) is 5.75 Å². The quantitative estimate of drug-likeness (QED) is 0.627. The Bertz CT molecular complexity index is 413. The van der Waals surface area contributed by atoms with E-state index in [-0.39, 0.29) is 12.2 Å². The molecule has 0 amide bonds. The van der Waals surface area contributed by atoms with Gasteiger partial charge in [0.1, 0.15) is 5.75 Å². The van der Waals surface area contributed by atoms with Gasteiger partial charge >= 0.3 is 5.97 Å². The lowest BCUT2D eigenvalue weighted by Crippen LogP contribution is -2.04. The molecule has 1 aromatic rings. The van der Waals surface area contributed by atoms with Crippen LogP contribution >= 0.6 is 0 Å². The van der Waals surface area contributed by atoms with Crippen LogP contribution < -0.4 is 0 Å². The van der Waals surface area contributed by atoms with Crippen LogP contribution in [0.5, 0.6) is 5.75 Å². The number of carboxylic acids is 1. The minimum atomic E-state index is -0.851. The van der Waals surface area contributed by atoms with Crippen LogP contribution in [0.25, 0.3) is 0 Å². The molecule has 0 heterocycles. The van der Waals surface area contributed by atoms with Gasteiger partial charge in [-0.2, -0.15) is 0 Å². The average molecular weight is 278 g/mol. The lowest BCUT2D eigenvalue weighted by atomic mass is 9.97. The van der Waals surface area contributed by atoms with Crippen LogP contribution in [0.15, 0.2) is 18.2 Å². The van der Waals surface area contributed by atoms with Gasteiger partial charge in [0.2, 0.25) is 0 Å². The van der Waals surface area contributed by atoms with Crippen LogP contribution in [0.4, 0.5) is 0 Å². The van der Waals surface area contributed by atoms with Crippen LogP contribution in [-0.2, 0) is 17.6 Å². The summed E-state index contributed by atoms with van der Waals surface area (Å²) in [6.07, 6.45) is 9.28. The second-order valence-corrected chi connectivity index (χ2v) is 5.36. The van der Waals surface area contributed by atoms with Gasteiger partial charge < -0.3 is 10.2 Å². The molecule has 3 nitrogen and oxygen atoms in total. The van der Waals surface area contributed by atoms with Crippen molar-refractivity contribution >= 4 is 5.97 Å². The van der Waals surface area contributed by atoms with E-state index in [0.29, 0.717) is 0 Å². The Kier molecular flexibility index (Phi) is 7.78. The molecule has 0 radical (unpaired) electrons. The number of phenolic OH excluding ortho intramolecular Hbond substituents is 1. The van der Waals surface area contributed by atoms with Crippen molar-refractivity contribution in [3.05, 3.63) is 29.3 Å². The fourth-order valence-electron chi connectivity index (χ4n) is 2.50. The standard InChI is InChI=1S/C17H26O3/c1-2-3-4-5-6-7-8-11-15-14(13-17(19)20)10-9-12-16(15)18/h9-10,12,18H,2-8,11,13H2,1H3,(H,19,20). The smallest absolute Gasteiger partial charge is 0.307 e. The van der Waals surface area contributed by atoms with E-state index in [1.165, 1.54) is 32.1 Å². The van der Waals surface area contributed by atoms with Crippen molar-refractivity contribution in [1.29, 1.82) is 0 Å². The predicted molar refractivity (Wildman–Crippen MR) is 81.1 cm³/mol. The molecule has 1 rings (SSSR count). The molecule has 0 unspecified atom stereocenters. The van der Waals surface area contributed by atoms with E-state index < -0.39 is 5.97 Å². The van der Waals surface area contributed by atoms with Gasteiger partial charge in [-0.05, 0) is 30.0 Å². The van der Waals surface area contributed by atoms with E-state index in [4.69, 9.17) is 5.11 Å². The highest BCUT2D eigenvalue weighted by molar-refractivity contribution is 5.71. The van der Waals surface area contributed by atoms with Gasteiger partial charge in [0, 0.05) is 0 Å². The van der Waals surface area contributed by atoms with Gasteiger partial charge in [0.15, 0.2) is 0 Å². The van der Waals surface area contributed by atoms with Crippen LogP contribution in [-0.4, -0.2) is 16.2 Å². The number of carbonyl (C=O) groups is 1. The first-order valence-corrected chi connectivity index (χ1v) is 7.66. The molecular weight excluding hydrogens is 252 g/mol. The summed E-state index contributed by atoms with van der Waals surface area (Å²) in [7, 11) is 0. The zero-order valence-electron chi connectivity index (χ0n) is 12.4. The van der Waals surface area contributed by atoms with Crippen molar-refractivity contribution in [3.63, 3.8) is 0 Å². The van der Waals surface area contributed by atoms with E-state index in [1.807, 2.05) is 0 Å². The first-order chi connectivity index (χ1) is 9.65. The summed E-state index contributed by atoms with van der Waals surface area (Å²) in [4.78, 5) is 10.8. The predicted octanol–water partition coefficient (Wildman–Crippen LogP) is 4.31. The number of carboxylic acid groups (broad SMARTS) is 1. The molecule has 0 aliphatic heterocycles. The fraction of sp³-hybridized carbons (Fsp3) is 0.588. The van der Waals surface area contributed by atoms with Gasteiger partial charge in [-0.25, -0.2) is 0 Å². The molecule has 3 heteroatoms. The van der Waals surface area contributed by atoms with Crippen LogP contribution in [0, 0.1) is 0 Å². The number of aromatic hydroxyl groups is 1. The largest absolute Gasteiger partial charge is 0.508 e. The summed E-state index contributed by atoms with van der Waals surface area (Å²) >= 11 is 0. The number of hydrogen-bond acceptors (Lipinski definition) is 2. The molecule has 1 aromatic carbocycles. The van der Waals surface area contributed by atoms with Crippen molar-refractivity contribution in [2.75, 3.05) is 0 Å². The summed E-state index contributed by atoms with van der Waals surface area (Å²) in [5.74, 6) is -0.619. The number of hydrogen-bond donors (Lipinski definition) is 2. The lowest BCUT2D eigenvalue weighted by molar-refractivity contribution is -0.136. The van der Waals surface area contributed by atoms with E-state index >= 15 is 0 Å². The molecule has 0 aromatic heterocycles. The Morgan fingerprint density at radius 2 is 1.70 bits per heavy atom. The highest BCUT2D eigenvalue weighted by Gasteiger charge is 2.10. The molecule has 20 heavy (non-hydrogen) atoms. The monoisotopic (exact) mass is 278 g/mol. The van der Waals surface area contributed by atoms with Crippen LogP contribution in [0.3, 0.4) is 0 Å². The van der Waals surface area contributed by atoms with Crippen molar-refractivity contribution in [2.45, 2.75) is 64.7 Å². The lowest BCUT2D eigenvalue weighted by Gasteiger charge is -2.10. The Labute approximate surface area is 121 Å². The summed E-state index contributed by atoms with van der Waals surface area (Å²) in [6.45, 7) is 2.21. The molecule has 0 aliphatic rings. The topological polar surface area (TPSA) is 57.5 Å². The zero-order chi connectivity index (χ0) is 14.8. The Morgan fingerprint density at radius 1 is 1.05 bits per heavy atom. The van der Waals surface area contributed by atoms with Crippen molar-refractivity contribution < 1.29 is 15.0 Å². The van der Waals surface area contributed by atoms with E-state index in [2.05, 4.69) is 6.92 Å². The van der Waals surface area contributed by atoms with Crippen molar-refractivity contribution in [1.82, 2.24) is 0 Å². The summed E-state index contributed by atoms with van der Waals surface area (Å²) < 4.78 is 0. The Hall–Kier alpha value is -1.51. The van der Waals surface area contributed by atoms with E-state index in [9.17, 15) is 9.90 Å². The van der Waals surface area contributed by atoms with E-state index in [0.717, 1.165) is 30.4 Å². The number of unbranched alkanes of at least 4 members (excludes halogenated alkanes) is 6. The minimum Gasteiger partial charge on any atom is -0.508 e. The molecule has 2 N–H and O–H groups in total. The maximum Gasteiger partial charge on any atom is 0.307 e. The Balaban J connectivity index is 2.40. The summed E-state index contributed by atoms with van der Waals surface area (Å²) in [5, 5.41) is 18.8. The third-order valence-corrected chi connectivity index (χ3v) is 3.62. The van der Waals surface area contributed by atoms with Gasteiger partial charge in [-0.3, -0.25) is 4.79 Å².